The predicted molar refractivity (Wildman–Crippen MR) is 71.3 cm³/mol. The molecule has 0 aliphatic carbocycles. The zero-order valence-corrected chi connectivity index (χ0v) is 11.8. The lowest BCUT2D eigenvalue weighted by atomic mass is 10.0. The second kappa shape index (κ2) is 7.90. The zero-order chi connectivity index (χ0) is 12.1. The number of carbonyl (C=O) groups is 1. The van der Waals surface area contributed by atoms with Gasteiger partial charge in [-0.25, -0.2) is 0 Å². The Balaban J connectivity index is 0.00000256. The lowest BCUT2D eigenvalue weighted by Gasteiger charge is -2.28. The molecular formula is C12H25ClN2O2. The Morgan fingerprint density at radius 3 is 2.59 bits per heavy atom. The number of nitrogens with zero attached hydrogens (tertiary/aromatic N) is 1. The van der Waals surface area contributed by atoms with Crippen molar-refractivity contribution in [2.24, 2.45) is 11.7 Å². The van der Waals surface area contributed by atoms with Crippen LogP contribution in [0.15, 0.2) is 0 Å². The second-order valence-corrected chi connectivity index (χ2v) is 4.66. The average molecular weight is 265 g/mol. The molecule has 0 bridgehead atoms. The van der Waals surface area contributed by atoms with Crippen LogP contribution in [0.5, 0.6) is 0 Å². The molecule has 1 amide bonds. The fourth-order valence-corrected chi connectivity index (χ4v) is 1.92. The molecule has 1 fully saturated rings. The first-order valence-corrected chi connectivity index (χ1v) is 6.22. The van der Waals surface area contributed by atoms with Gasteiger partial charge in [-0.1, -0.05) is 6.92 Å². The number of hydrogen-bond donors (Lipinski definition) is 1. The first kappa shape index (κ1) is 16.7. The summed E-state index contributed by atoms with van der Waals surface area (Å²) in [6.45, 7) is 8.05. The molecule has 0 spiro atoms. The summed E-state index contributed by atoms with van der Waals surface area (Å²) in [7, 11) is 0. The molecule has 0 aromatic rings. The molecular weight excluding hydrogens is 240 g/mol. The molecule has 1 aliphatic heterocycles. The lowest BCUT2D eigenvalue weighted by molar-refractivity contribution is -0.136. The minimum atomic E-state index is -0.110. The first-order chi connectivity index (χ1) is 7.56. The molecule has 1 heterocycles. The van der Waals surface area contributed by atoms with Crippen LogP contribution < -0.4 is 5.73 Å². The van der Waals surface area contributed by atoms with Crippen LogP contribution in [-0.4, -0.2) is 42.6 Å². The number of rotatable bonds is 5. The summed E-state index contributed by atoms with van der Waals surface area (Å²) in [5.74, 6) is 0.0364. The maximum Gasteiger partial charge on any atom is 0.227 e. The van der Waals surface area contributed by atoms with Crippen LogP contribution in [0.25, 0.3) is 0 Å². The van der Waals surface area contributed by atoms with Crippen LogP contribution in [0.1, 0.15) is 33.6 Å². The summed E-state index contributed by atoms with van der Waals surface area (Å²) in [4.78, 5) is 14.0. The van der Waals surface area contributed by atoms with Crippen molar-refractivity contribution >= 4 is 18.3 Å². The standard InChI is InChI=1S/C12H24N2O2.ClH/c1-4-14(8-11-6-5-7-16-11)12(15)9(2)10(3)13;/h9-11H,4-8,13H2,1-3H3;1H. The van der Waals surface area contributed by atoms with E-state index in [9.17, 15) is 4.79 Å². The van der Waals surface area contributed by atoms with E-state index in [1.165, 1.54) is 0 Å². The van der Waals surface area contributed by atoms with Gasteiger partial charge in [-0.15, -0.1) is 12.4 Å². The summed E-state index contributed by atoms with van der Waals surface area (Å²) in [5, 5.41) is 0. The zero-order valence-electron chi connectivity index (χ0n) is 11.0. The van der Waals surface area contributed by atoms with E-state index < -0.39 is 0 Å². The SMILES string of the molecule is CCN(CC1CCCO1)C(=O)C(C)C(C)N.Cl. The third-order valence-electron chi connectivity index (χ3n) is 3.32. The molecule has 0 aromatic heterocycles. The largest absolute Gasteiger partial charge is 0.376 e. The highest BCUT2D eigenvalue weighted by molar-refractivity contribution is 5.85. The minimum absolute atomic E-state index is 0. The molecule has 1 rings (SSSR count). The Hall–Kier alpha value is -0.320. The smallest absolute Gasteiger partial charge is 0.227 e. The van der Waals surface area contributed by atoms with Gasteiger partial charge >= 0.3 is 0 Å². The van der Waals surface area contributed by atoms with E-state index in [2.05, 4.69) is 0 Å². The van der Waals surface area contributed by atoms with Gasteiger partial charge in [-0.05, 0) is 26.7 Å². The van der Waals surface area contributed by atoms with E-state index in [1.54, 1.807) is 0 Å². The van der Waals surface area contributed by atoms with Gasteiger partial charge in [0, 0.05) is 25.7 Å². The van der Waals surface area contributed by atoms with Gasteiger partial charge in [0.25, 0.3) is 0 Å². The molecule has 0 saturated carbocycles. The summed E-state index contributed by atoms with van der Waals surface area (Å²) < 4.78 is 5.55. The van der Waals surface area contributed by atoms with E-state index in [0.29, 0.717) is 6.54 Å². The van der Waals surface area contributed by atoms with Crippen LogP contribution in [0.4, 0.5) is 0 Å². The fourth-order valence-electron chi connectivity index (χ4n) is 1.92. The van der Waals surface area contributed by atoms with Gasteiger partial charge in [0.1, 0.15) is 0 Å². The number of carbonyl (C=O) groups excluding carboxylic acids is 1. The summed E-state index contributed by atoms with van der Waals surface area (Å²) in [5.41, 5.74) is 5.76. The van der Waals surface area contributed by atoms with Gasteiger partial charge in [-0.2, -0.15) is 0 Å². The molecule has 3 atom stereocenters. The third kappa shape index (κ3) is 4.82. The Kier molecular flexibility index (Phi) is 7.75. The monoisotopic (exact) mass is 264 g/mol. The van der Waals surface area contributed by atoms with E-state index in [1.807, 2.05) is 25.7 Å². The van der Waals surface area contributed by atoms with Gasteiger partial charge < -0.3 is 15.4 Å². The molecule has 5 heteroatoms. The van der Waals surface area contributed by atoms with E-state index >= 15 is 0 Å². The molecule has 0 aromatic carbocycles. The quantitative estimate of drug-likeness (QED) is 0.817. The van der Waals surface area contributed by atoms with Gasteiger partial charge in [0.2, 0.25) is 5.91 Å². The molecule has 3 unspecified atom stereocenters. The number of amides is 1. The van der Waals surface area contributed by atoms with Crippen molar-refractivity contribution in [2.45, 2.75) is 45.8 Å². The average Bonchev–Trinajstić information content (AvgIpc) is 2.76. The normalized spacial score (nSPS) is 22.7. The third-order valence-corrected chi connectivity index (χ3v) is 3.32. The van der Waals surface area contributed by atoms with Crippen molar-refractivity contribution < 1.29 is 9.53 Å². The van der Waals surface area contributed by atoms with Crippen LogP contribution in [0.2, 0.25) is 0 Å². The van der Waals surface area contributed by atoms with Crippen LogP contribution in [-0.2, 0) is 9.53 Å². The molecule has 1 saturated heterocycles. The van der Waals surface area contributed by atoms with Gasteiger partial charge in [0.05, 0.1) is 12.0 Å². The van der Waals surface area contributed by atoms with Crippen LogP contribution in [0.3, 0.4) is 0 Å². The molecule has 102 valence electrons. The fraction of sp³-hybridized carbons (Fsp3) is 0.917. The summed E-state index contributed by atoms with van der Waals surface area (Å²) >= 11 is 0. The maximum absolute atomic E-state index is 12.1. The predicted octanol–water partition coefficient (Wildman–Crippen LogP) is 1.42. The van der Waals surface area contributed by atoms with Crippen molar-refractivity contribution in [1.82, 2.24) is 4.90 Å². The van der Waals surface area contributed by atoms with Crippen LogP contribution in [0, 0.1) is 5.92 Å². The summed E-state index contributed by atoms with van der Waals surface area (Å²) in [6.07, 6.45) is 2.40. The van der Waals surface area contributed by atoms with E-state index in [-0.39, 0.29) is 36.4 Å². The summed E-state index contributed by atoms with van der Waals surface area (Å²) in [6, 6.07) is -0.0916. The minimum Gasteiger partial charge on any atom is -0.376 e. The highest BCUT2D eigenvalue weighted by Gasteiger charge is 2.26. The highest BCUT2D eigenvalue weighted by atomic mass is 35.5. The number of halogens is 1. The Bertz CT molecular complexity index is 231. The van der Waals surface area contributed by atoms with Crippen LogP contribution >= 0.6 is 12.4 Å². The highest BCUT2D eigenvalue weighted by Crippen LogP contribution is 2.15. The topological polar surface area (TPSA) is 55.6 Å². The van der Waals surface area contributed by atoms with Crippen molar-refractivity contribution in [3.05, 3.63) is 0 Å². The van der Waals surface area contributed by atoms with Crippen molar-refractivity contribution in [3.8, 4) is 0 Å². The lowest BCUT2D eigenvalue weighted by Crippen LogP contribution is -2.44. The van der Waals surface area contributed by atoms with Crippen molar-refractivity contribution in [3.63, 3.8) is 0 Å². The molecule has 4 nitrogen and oxygen atoms in total. The Morgan fingerprint density at radius 1 is 1.53 bits per heavy atom. The molecule has 2 N–H and O–H groups in total. The Labute approximate surface area is 110 Å². The van der Waals surface area contributed by atoms with E-state index in [0.717, 1.165) is 26.0 Å². The Morgan fingerprint density at radius 2 is 2.18 bits per heavy atom. The number of likely N-dealkylation sites (N-methyl/N-ethyl adjacent to an activating group) is 1. The number of nitrogens with two attached hydrogens (primary N) is 1. The molecule has 17 heavy (non-hydrogen) atoms. The number of ether oxygens (including phenoxy) is 1. The van der Waals surface area contributed by atoms with E-state index in [4.69, 9.17) is 10.5 Å². The van der Waals surface area contributed by atoms with Crippen molar-refractivity contribution in [1.29, 1.82) is 0 Å². The van der Waals surface area contributed by atoms with Gasteiger partial charge in [0.15, 0.2) is 0 Å². The first-order valence-electron chi connectivity index (χ1n) is 6.22. The van der Waals surface area contributed by atoms with Gasteiger partial charge in [-0.3, -0.25) is 4.79 Å². The molecule has 0 radical (unpaired) electrons. The maximum atomic E-state index is 12.1. The molecule has 1 aliphatic rings. The van der Waals surface area contributed by atoms with Crippen molar-refractivity contribution in [2.75, 3.05) is 19.7 Å². The second-order valence-electron chi connectivity index (χ2n) is 4.66. The number of hydrogen-bond acceptors (Lipinski definition) is 3.